The number of hydrogen-bond acceptors (Lipinski definition) is 1. The fourth-order valence-electron chi connectivity index (χ4n) is 2.49. The molecule has 0 saturated heterocycles. The Labute approximate surface area is 112 Å². The quantitative estimate of drug-likeness (QED) is 0.751. The molecule has 0 fully saturated rings. The van der Waals surface area contributed by atoms with Crippen LogP contribution in [0.25, 0.3) is 21.9 Å². The Morgan fingerprint density at radius 3 is 2.56 bits per heavy atom. The molecular weight excluding hydrogens is 296 g/mol. The average Bonchev–Trinajstić information content (AvgIpc) is 2.77. The fourth-order valence-corrected chi connectivity index (χ4v) is 2.85. The van der Waals surface area contributed by atoms with E-state index in [2.05, 4.69) is 15.9 Å². The van der Waals surface area contributed by atoms with Gasteiger partial charge < -0.3 is 14.2 Å². The Kier molecular flexibility index (Phi) is 2.28. The minimum Gasteiger partial charge on any atom is -0.477 e. The maximum Gasteiger partial charge on any atom is 0.352 e. The van der Waals surface area contributed by atoms with E-state index in [-0.39, 0.29) is 0 Å². The lowest BCUT2D eigenvalue weighted by Gasteiger charge is -2.00. The van der Waals surface area contributed by atoms with Crippen molar-refractivity contribution >= 4 is 43.8 Å². The molecule has 0 amide bonds. The Morgan fingerprint density at radius 1 is 1.17 bits per heavy atom. The zero-order valence-electron chi connectivity index (χ0n) is 9.94. The van der Waals surface area contributed by atoms with Crippen LogP contribution in [0.4, 0.5) is 0 Å². The number of fused-ring (bicyclic) bond motifs is 3. The molecule has 2 aromatic heterocycles. The third-order valence-electron chi connectivity index (χ3n) is 3.37. The number of aryl methyl sites for hydroxylation is 2. The van der Waals surface area contributed by atoms with Crippen molar-refractivity contribution in [3.63, 3.8) is 0 Å². The SMILES string of the molecule is Cn1c(C(=O)O)cc2c1c1cc(Br)ccc1n2C. The molecule has 0 aliphatic carbocycles. The number of carbonyl (C=O) groups is 1. The molecule has 1 N–H and O–H groups in total. The van der Waals surface area contributed by atoms with Gasteiger partial charge >= 0.3 is 5.97 Å². The average molecular weight is 307 g/mol. The van der Waals surface area contributed by atoms with Crippen LogP contribution in [-0.4, -0.2) is 20.2 Å². The fraction of sp³-hybridized carbons (Fsp3) is 0.154. The van der Waals surface area contributed by atoms with Gasteiger partial charge in [-0.1, -0.05) is 15.9 Å². The highest BCUT2D eigenvalue weighted by atomic mass is 79.9. The minimum absolute atomic E-state index is 0.303. The van der Waals surface area contributed by atoms with Crippen molar-refractivity contribution in [3.05, 3.63) is 34.4 Å². The van der Waals surface area contributed by atoms with E-state index in [1.54, 1.807) is 17.7 Å². The number of carboxylic acid groups (broad SMARTS) is 1. The van der Waals surface area contributed by atoms with Crippen LogP contribution in [-0.2, 0) is 14.1 Å². The molecule has 2 heterocycles. The lowest BCUT2D eigenvalue weighted by molar-refractivity contribution is 0.0687. The first kappa shape index (κ1) is 11.3. The topological polar surface area (TPSA) is 47.2 Å². The molecule has 92 valence electrons. The van der Waals surface area contributed by atoms with Crippen molar-refractivity contribution < 1.29 is 9.90 Å². The normalized spacial score (nSPS) is 11.5. The molecule has 0 atom stereocenters. The van der Waals surface area contributed by atoms with E-state index < -0.39 is 5.97 Å². The summed E-state index contributed by atoms with van der Waals surface area (Å²) in [6.07, 6.45) is 0. The van der Waals surface area contributed by atoms with E-state index in [1.165, 1.54) is 0 Å². The second-order valence-corrected chi connectivity index (χ2v) is 5.26. The maximum absolute atomic E-state index is 11.2. The monoisotopic (exact) mass is 306 g/mol. The predicted octanol–water partition coefficient (Wildman–Crippen LogP) is 3.13. The molecule has 3 aromatic rings. The lowest BCUT2D eigenvalue weighted by Crippen LogP contribution is -2.03. The summed E-state index contributed by atoms with van der Waals surface area (Å²) < 4.78 is 4.73. The third kappa shape index (κ3) is 1.34. The molecule has 0 aliphatic rings. The van der Waals surface area contributed by atoms with E-state index in [9.17, 15) is 4.79 Å². The highest BCUT2D eigenvalue weighted by Crippen LogP contribution is 2.32. The van der Waals surface area contributed by atoms with E-state index in [0.717, 1.165) is 26.4 Å². The van der Waals surface area contributed by atoms with Crippen molar-refractivity contribution in [3.8, 4) is 0 Å². The smallest absolute Gasteiger partial charge is 0.352 e. The highest BCUT2D eigenvalue weighted by Gasteiger charge is 2.18. The summed E-state index contributed by atoms with van der Waals surface area (Å²) in [6, 6.07) is 7.74. The summed E-state index contributed by atoms with van der Waals surface area (Å²) in [7, 11) is 3.73. The number of aromatic nitrogens is 2. The lowest BCUT2D eigenvalue weighted by atomic mass is 10.2. The highest BCUT2D eigenvalue weighted by molar-refractivity contribution is 9.10. The number of hydrogen-bond donors (Lipinski definition) is 1. The summed E-state index contributed by atoms with van der Waals surface area (Å²) in [5.41, 5.74) is 3.28. The van der Waals surface area contributed by atoms with Gasteiger partial charge in [0.05, 0.1) is 16.6 Å². The number of rotatable bonds is 1. The number of benzene rings is 1. The largest absolute Gasteiger partial charge is 0.477 e. The summed E-state index contributed by atoms with van der Waals surface area (Å²) in [5.74, 6) is -0.906. The zero-order chi connectivity index (χ0) is 13.0. The Bertz CT molecular complexity index is 798. The summed E-state index contributed by atoms with van der Waals surface area (Å²) in [5, 5.41) is 10.2. The van der Waals surface area contributed by atoms with Crippen LogP contribution < -0.4 is 0 Å². The van der Waals surface area contributed by atoms with Gasteiger partial charge in [-0.2, -0.15) is 0 Å². The van der Waals surface area contributed by atoms with Crippen LogP contribution in [0.2, 0.25) is 0 Å². The number of nitrogens with zero attached hydrogens (tertiary/aromatic N) is 2. The molecule has 4 nitrogen and oxygen atoms in total. The molecule has 0 aliphatic heterocycles. The summed E-state index contributed by atoms with van der Waals surface area (Å²) in [4.78, 5) is 11.2. The van der Waals surface area contributed by atoms with Crippen LogP contribution in [0.3, 0.4) is 0 Å². The van der Waals surface area contributed by atoms with Gasteiger partial charge in [-0.3, -0.25) is 0 Å². The zero-order valence-corrected chi connectivity index (χ0v) is 11.5. The van der Waals surface area contributed by atoms with Crippen molar-refractivity contribution in [1.82, 2.24) is 9.13 Å². The van der Waals surface area contributed by atoms with Gasteiger partial charge in [-0.05, 0) is 24.3 Å². The minimum atomic E-state index is -0.906. The van der Waals surface area contributed by atoms with Gasteiger partial charge in [0.2, 0.25) is 0 Å². The number of halogens is 1. The third-order valence-corrected chi connectivity index (χ3v) is 3.86. The first-order chi connectivity index (χ1) is 8.50. The van der Waals surface area contributed by atoms with Gasteiger partial charge in [-0.15, -0.1) is 0 Å². The van der Waals surface area contributed by atoms with Crippen molar-refractivity contribution in [2.45, 2.75) is 0 Å². The first-order valence-corrected chi connectivity index (χ1v) is 6.26. The molecule has 1 aromatic carbocycles. The van der Waals surface area contributed by atoms with Gasteiger partial charge in [0.15, 0.2) is 0 Å². The first-order valence-electron chi connectivity index (χ1n) is 5.47. The van der Waals surface area contributed by atoms with Crippen LogP contribution in [0.1, 0.15) is 10.5 Å². The Morgan fingerprint density at radius 2 is 1.89 bits per heavy atom. The van der Waals surface area contributed by atoms with E-state index in [4.69, 9.17) is 5.11 Å². The van der Waals surface area contributed by atoms with Crippen LogP contribution in [0.15, 0.2) is 28.7 Å². The van der Waals surface area contributed by atoms with Crippen molar-refractivity contribution in [2.75, 3.05) is 0 Å². The Balaban J connectivity index is 2.55. The van der Waals surface area contributed by atoms with Gasteiger partial charge in [0.1, 0.15) is 5.69 Å². The van der Waals surface area contributed by atoms with Crippen LogP contribution >= 0.6 is 15.9 Å². The van der Waals surface area contributed by atoms with Gasteiger partial charge in [0, 0.05) is 24.0 Å². The standard InChI is InChI=1S/C13H11BrN2O2/c1-15-9-4-3-7(14)5-8(9)12-10(15)6-11(13(17)18)16(12)2/h3-6H,1-2H3,(H,17,18). The maximum atomic E-state index is 11.2. The van der Waals surface area contributed by atoms with Crippen LogP contribution in [0, 0.1) is 0 Å². The molecular formula is C13H11BrN2O2. The molecule has 0 bridgehead atoms. The van der Waals surface area contributed by atoms with E-state index in [0.29, 0.717) is 5.69 Å². The second-order valence-electron chi connectivity index (χ2n) is 4.35. The molecule has 3 rings (SSSR count). The van der Waals surface area contributed by atoms with Crippen molar-refractivity contribution in [2.24, 2.45) is 14.1 Å². The number of carboxylic acids is 1. The van der Waals surface area contributed by atoms with E-state index >= 15 is 0 Å². The number of aromatic carboxylic acids is 1. The second kappa shape index (κ2) is 3.62. The molecule has 5 heteroatoms. The van der Waals surface area contributed by atoms with Crippen LogP contribution in [0.5, 0.6) is 0 Å². The van der Waals surface area contributed by atoms with Gasteiger partial charge in [0.25, 0.3) is 0 Å². The summed E-state index contributed by atoms with van der Waals surface area (Å²) >= 11 is 3.45. The van der Waals surface area contributed by atoms with Crippen molar-refractivity contribution in [1.29, 1.82) is 0 Å². The molecule has 0 radical (unpaired) electrons. The molecule has 18 heavy (non-hydrogen) atoms. The predicted molar refractivity (Wildman–Crippen MR) is 74.1 cm³/mol. The van der Waals surface area contributed by atoms with Gasteiger partial charge in [-0.25, -0.2) is 4.79 Å². The van der Waals surface area contributed by atoms with E-state index in [1.807, 2.05) is 29.8 Å². The summed E-state index contributed by atoms with van der Waals surface area (Å²) in [6.45, 7) is 0. The molecule has 0 spiro atoms. The molecule has 0 saturated carbocycles. The molecule has 0 unspecified atom stereocenters. The Hall–Kier alpha value is -1.75.